The van der Waals surface area contributed by atoms with E-state index in [2.05, 4.69) is 12.7 Å². The molecule has 1 aliphatic carbocycles. The summed E-state index contributed by atoms with van der Waals surface area (Å²) in [5, 5.41) is 0. The van der Waals surface area contributed by atoms with Crippen molar-refractivity contribution in [3.8, 4) is 0 Å². The summed E-state index contributed by atoms with van der Waals surface area (Å²) in [4.78, 5) is 0. The summed E-state index contributed by atoms with van der Waals surface area (Å²) < 4.78 is 0. The van der Waals surface area contributed by atoms with E-state index in [0.29, 0.717) is 0 Å². The van der Waals surface area contributed by atoms with E-state index in [9.17, 15) is 0 Å². The van der Waals surface area contributed by atoms with Gasteiger partial charge in [0.15, 0.2) is 0 Å². The van der Waals surface area contributed by atoms with Crippen molar-refractivity contribution in [2.24, 2.45) is 0 Å². The topological polar surface area (TPSA) is 0 Å². The van der Waals surface area contributed by atoms with Crippen LogP contribution in [0, 0.1) is 0 Å². The molecule has 0 atom stereocenters. The maximum atomic E-state index is 5.54. The minimum absolute atomic E-state index is 0.919. The predicted octanol–water partition coefficient (Wildman–Crippen LogP) is 3.57. The molecule has 0 unspecified atom stereocenters. The Balaban J connectivity index is 2.75. The molecule has 58 valence electrons. The van der Waals surface area contributed by atoms with Gasteiger partial charge in [0, 0.05) is 5.54 Å². The smallest absolute Gasteiger partial charge is 0.00777 e. The van der Waals surface area contributed by atoms with E-state index in [1.54, 1.807) is 5.54 Å². The second-order valence-electron chi connectivity index (χ2n) is 2.66. The normalized spacial score (nSPS) is 20.2. The van der Waals surface area contributed by atoms with Crippen molar-refractivity contribution < 1.29 is 0 Å². The molecule has 0 nitrogen and oxygen atoms in total. The molecule has 1 aliphatic rings. The molecule has 0 aliphatic heterocycles. The van der Waals surface area contributed by atoms with Crippen LogP contribution in [-0.4, -0.2) is 0 Å². The largest absolute Gasteiger partial charge is 0.0955 e. The molecule has 0 aromatic rings. The van der Waals surface area contributed by atoms with Crippen LogP contribution in [0.25, 0.3) is 0 Å². The van der Waals surface area contributed by atoms with Gasteiger partial charge in [-0.15, -0.1) is 0 Å². The highest BCUT2D eigenvalue weighted by molar-refractivity contribution is 6.25. The molecule has 1 heteroatoms. The summed E-state index contributed by atoms with van der Waals surface area (Å²) in [5.41, 5.74) is 5.08. The summed E-state index contributed by atoms with van der Waals surface area (Å²) in [6, 6.07) is 0. The Morgan fingerprint density at radius 1 is 1.64 bits per heavy atom. The van der Waals surface area contributed by atoms with Gasteiger partial charge in [-0.3, -0.25) is 0 Å². The first-order chi connectivity index (χ1) is 5.24. The maximum absolute atomic E-state index is 5.54. The monoisotopic (exact) mass is 166 g/mol. The Morgan fingerprint density at radius 3 is 2.73 bits per heavy atom. The van der Waals surface area contributed by atoms with Gasteiger partial charge < -0.3 is 0 Å². The minimum Gasteiger partial charge on any atom is -0.0955 e. The average molecular weight is 167 g/mol. The molecule has 0 N–H and O–H groups in total. The molecule has 0 aromatic carbocycles. The third-order valence-corrected chi connectivity index (χ3v) is 1.95. The Labute approximate surface area is 72.6 Å². The number of rotatable bonds is 1. The van der Waals surface area contributed by atoms with Gasteiger partial charge in [-0.2, -0.15) is 0 Å². The summed E-state index contributed by atoms with van der Waals surface area (Å²) in [7, 11) is 0. The third kappa shape index (κ3) is 2.09. The number of allylic oxidation sites excluding steroid dienone is 6. The first-order valence-corrected chi connectivity index (χ1v) is 4.01. The van der Waals surface area contributed by atoms with E-state index in [4.69, 9.17) is 11.6 Å². The number of hydrogen-bond donors (Lipinski definition) is 0. The quantitative estimate of drug-likeness (QED) is 0.559. The predicted molar refractivity (Wildman–Crippen MR) is 50.6 cm³/mol. The van der Waals surface area contributed by atoms with Crippen molar-refractivity contribution in [1.29, 1.82) is 0 Å². The molecular weight excluding hydrogens is 156 g/mol. The molecule has 0 heterocycles. The van der Waals surface area contributed by atoms with Gasteiger partial charge in [-0.1, -0.05) is 42.0 Å². The zero-order valence-corrected chi connectivity index (χ0v) is 7.36. The molecule has 1 rings (SSSR count). The van der Waals surface area contributed by atoms with Crippen LogP contribution >= 0.6 is 11.6 Å². The van der Waals surface area contributed by atoms with E-state index in [0.717, 1.165) is 17.6 Å². The highest BCUT2D eigenvalue weighted by Gasteiger charge is 1.99. The first-order valence-electron chi connectivity index (χ1n) is 3.57. The van der Waals surface area contributed by atoms with Crippen molar-refractivity contribution in [1.82, 2.24) is 0 Å². The summed E-state index contributed by atoms with van der Waals surface area (Å²) in [6.45, 7) is 5.86. The molecule has 11 heavy (non-hydrogen) atoms. The van der Waals surface area contributed by atoms with Crippen LogP contribution in [0.3, 0.4) is 0 Å². The van der Waals surface area contributed by atoms with Gasteiger partial charge in [0.2, 0.25) is 0 Å². The number of hydrogen-bond acceptors (Lipinski definition) is 0. The van der Waals surface area contributed by atoms with Gasteiger partial charge in [-0.05, 0) is 24.5 Å². The van der Waals surface area contributed by atoms with Crippen LogP contribution in [-0.2, 0) is 0 Å². The standard InChI is InChI=1S/C10H11Cl/c1-8(2)10-5-3-9(7-11)4-6-10/h3,5-7H,1,4H2,2H3. The lowest BCUT2D eigenvalue weighted by Crippen LogP contribution is -1.87. The van der Waals surface area contributed by atoms with Crippen molar-refractivity contribution in [3.63, 3.8) is 0 Å². The fourth-order valence-corrected chi connectivity index (χ4v) is 1.12. The highest BCUT2D eigenvalue weighted by atomic mass is 35.5. The lowest BCUT2D eigenvalue weighted by Gasteiger charge is -2.07. The molecule has 0 fully saturated rings. The van der Waals surface area contributed by atoms with Gasteiger partial charge in [0.1, 0.15) is 0 Å². The summed E-state index contributed by atoms with van der Waals surface area (Å²) >= 11 is 5.54. The first kappa shape index (κ1) is 8.35. The van der Waals surface area contributed by atoms with E-state index in [-0.39, 0.29) is 0 Å². The van der Waals surface area contributed by atoms with Crippen molar-refractivity contribution in [2.45, 2.75) is 13.3 Å². The lowest BCUT2D eigenvalue weighted by molar-refractivity contribution is 1.22. The van der Waals surface area contributed by atoms with Gasteiger partial charge in [-0.25, -0.2) is 0 Å². The fraction of sp³-hybridized carbons (Fsp3) is 0.200. The van der Waals surface area contributed by atoms with Crippen molar-refractivity contribution in [2.75, 3.05) is 0 Å². The lowest BCUT2D eigenvalue weighted by atomic mass is 9.99. The van der Waals surface area contributed by atoms with Crippen LogP contribution in [0.15, 0.2) is 47.1 Å². The summed E-state index contributed by atoms with van der Waals surface area (Å²) in [6.07, 6.45) is 7.12. The van der Waals surface area contributed by atoms with Crippen LogP contribution in [0.1, 0.15) is 13.3 Å². The zero-order valence-electron chi connectivity index (χ0n) is 6.60. The summed E-state index contributed by atoms with van der Waals surface area (Å²) in [5.74, 6) is 0. The van der Waals surface area contributed by atoms with Crippen molar-refractivity contribution >= 4 is 11.6 Å². The molecular formula is C10H11Cl. The molecule has 0 amide bonds. The highest BCUT2D eigenvalue weighted by Crippen LogP contribution is 2.19. The Kier molecular flexibility index (Phi) is 2.72. The van der Waals surface area contributed by atoms with E-state index in [1.165, 1.54) is 5.57 Å². The second-order valence-corrected chi connectivity index (χ2v) is 2.88. The molecule has 0 saturated heterocycles. The van der Waals surface area contributed by atoms with Crippen molar-refractivity contribution in [3.05, 3.63) is 47.1 Å². The molecule has 0 spiro atoms. The fourth-order valence-electron chi connectivity index (χ4n) is 0.958. The van der Waals surface area contributed by atoms with Crippen LogP contribution in [0.2, 0.25) is 0 Å². The average Bonchev–Trinajstić information content (AvgIpc) is 2.05. The van der Waals surface area contributed by atoms with Crippen LogP contribution in [0.5, 0.6) is 0 Å². The van der Waals surface area contributed by atoms with E-state index >= 15 is 0 Å². The molecule has 0 radical (unpaired) electrons. The van der Waals surface area contributed by atoms with Gasteiger partial charge in [0.25, 0.3) is 0 Å². The molecule has 0 saturated carbocycles. The van der Waals surface area contributed by atoms with E-state index < -0.39 is 0 Å². The number of halogens is 1. The van der Waals surface area contributed by atoms with Crippen LogP contribution < -0.4 is 0 Å². The minimum atomic E-state index is 0.919. The van der Waals surface area contributed by atoms with E-state index in [1.807, 2.05) is 19.1 Å². The van der Waals surface area contributed by atoms with Gasteiger partial charge >= 0.3 is 0 Å². The molecule has 0 bridgehead atoms. The SMILES string of the molecule is C=C(C)C1=CCC(=CCl)C=C1. The Hall–Kier alpha value is -0.750. The Bertz CT molecular complexity index is 254. The third-order valence-electron chi connectivity index (χ3n) is 1.67. The Morgan fingerprint density at radius 2 is 2.36 bits per heavy atom. The van der Waals surface area contributed by atoms with Gasteiger partial charge in [0.05, 0.1) is 0 Å². The second kappa shape index (κ2) is 3.59. The van der Waals surface area contributed by atoms with Crippen LogP contribution in [0.4, 0.5) is 0 Å². The molecule has 0 aromatic heterocycles. The zero-order chi connectivity index (χ0) is 8.27. The maximum Gasteiger partial charge on any atom is 0.00777 e.